The molecule has 1 aliphatic heterocycles. The molecule has 0 aliphatic carbocycles. The minimum atomic E-state index is 0.119. The van der Waals surface area contributed by atoms with Gasteiger partial charge in [-0.2, -0.15) is 0 Å². The summed E-state index contributed by atoms with van der Waals surface area (Å²) in [7, 11) is 0. The van der Waals surface area contributed by atoms with Gasteiger partial charge in [-0.05, 0) is 6.07 Å². The first-order valence-electron chi connectivity index (χ1n) is 4.84. The summed E-state index contributed by atoms with van der Waals surface area (Å²) in [6.07, 6.45) is 2.49. The van der Waals surface area contributed by atoms with Crippen molar-refractivity contribution in [3.63, 3.8) is 0 Å². The van der Waals surface area contributed by atoms with Crippen LogP contribution in [0.25, 0.3) is 0 Å². The first-order chi connectivity index (χ1) is 7.34. The number of nitrogens with zero attached hydrogens (tertiary/aromatic N) is 2. The molecule has 2 heterocycles. The van der Waals surface area contributed by atoms with Crippen molar-refractivity contribution in [3.8, 4) is 5.88 Å². The Kier molecular flexibility index (Phi) is 3.02. The number of hydrogen-bond acceptors (Lipinski definition) is 5. The molecule has 1 aliphatic rings. The second-order valence-electron chi connectivity index (χ2n) is 3.24. The van der Waals surface area contributed by atoms with E-state index in [-0.39, 0.29) is 12.1 Å². The van der Waals surface area contributed by atoms with Crippen LogP contribution < -0.4 is 10.5 Å². The quantitative estimate of drug-likeness (QED) is 0.783. The predicted molar refractivity (Wildman–Crippen MR) is 55.7 cm³/mol. The Hall–Kier alpha value is -1.78. The standard InChI is InChI=1S/C10H13N3O2/c11-10-13-8(7-15-10)4-6-14-9-3-1-2-5-12-9/h1-3,5,8H,4,6-7H2,(H2,11,13)/t8-/m0/s1. The van der Waals surface area contributed by atoms with Crippen LogP contribution in [0.3, 0.4) is 0 Å². The molecule has 0 aromatic carbocycles. The Balaban J connectivity index is 1.72. The van der Waals surface area contributed by atoms with Gasteiger partial charge < -0.3 is 15.2 Å². The summed E-state index contributed by atoms with van der Waals surface area (Å²) < 4.78 is 10.5. The van der Waals surface area contributed by atoms with E-state index in [1.54, 1.807) is 6.20 Å². The maximum Gasteiger partial charge on any atom is 0.282 e. The van der Waals surface area contributed by atoms with E-state index in [0.29, 0.717) is 19.1 Å². The van der Waals surface area contributed by atoms with Crippen molar-refractivity contribution in [2.75, 3.05) is 13.2 Å². The first-order valence-corrected chi connectivity index (χ1v) is 4.84. The van der Waals surface area contributed by atoms with E-state index >= 15 is 0 Å². The number of nitrogens with two attached hydrogens (primary N) is 1. The molecule has 0 amide bonds. The van der Waals surface area contributed by atoms with Crippen molar-refractivity contribution in [2.45, 2.75) is 12.5 Å². The van der Waals surface area contributed by atoms with Crippen molar-refractivity contribution < 1.29 is 9.47 Å². The van der Waals surface area contributed by atoms with Crippen LogP contribution in [0.4, 0.5) is 0 Å². The van der Waals surface area contributed by atoms with Crippen LogP contribution in [0.2, 0.25) is 0 Å². The lowest BCUT2D eigenvalue weighted by atomic mass is 10.2. The number of aliphatic imine (C=N–C) groups is 1. The van der Waals surface area contributed by atoms with E-state index in [1.807, 2.05) is 18.2 Å². The first kappa shape index (κ1) is 9.76. The van der Waals surface area contributed by atoms with Crippen molar-refractivity contribution in [3.05, 3.63) is 24.4 Å². The summed E-state index contributed by atoms with van der Waals surface area (Å²) in [6, 6.07) is 5.95. The van der Waals surface area contributed by atoms with Gasteiger partial charge in [-0.3, -0.25) is 0 Å². The van der Waals surface area contributed by atoms with Crippen molar-refractivity contribution >= 4 is 6.02 Å². The lowest BCUT2D eigenvalue weighted by Gasteiger charge is -2.06. The fourth-order valence-electron chi connectivity index (χ4n) is 1.32. The summed E-state index contributed by atoms with van der Waals surface area (Å²) in [6.45, 7) is 1.12. The molecular formula is C10H13N3O2. The van der Waals surface area contributed by atoms with Crippen LogP contribution in [0, 0.1) is 0 Å². The SMILES string of the molecule is NC1=N[C@@H](CCOc2ccccn2)CO1. The normalized spacial score (nSPS) is 19.5. The molecule has 1 aromatic rings. The fourth-order valence-corrected chi connectivity index (χ4v) is 1.32. The third-order valence-corrected chi connectivity index (χ3v) is 2.07. The van der Waals surface area contributed by atoms with Crippen molar-refractivity contribution in [1.29, 1.82) is 0 Å². The predicted octanol–water partition coefficient (Wildman–Crippen LogP) is 0.564. The number of hydrogen-bond donors (Lipinski definition) is 1. The van der Waals surface area contributed by atoms with Gasteiger partial charge in [-0.1, -0.05) is 6.07 Å². The minimum Gasteiger partial charge on any atom is -0.478 e. The monoisotopic (exact) mass is 207 g/mol. The Morgan fingerprint density at radius 1 is 1.53 bits per heavy atom. The summed E-state index contributed by atoms with van der Waals surface area (Å²) in [5, 5.41) is 0. The summed E-state index contributed by atoms with van der Waals surface area (Å²) in [4.78, 5) is 8.14. The highest BCUT2D eigenvalue weighted by Crippen LogP contribution is 2.08. The van der Waals surface area contributed by atoms with E-state index in [4.69, 9.17) is 15.2 Å². The highest BCUT2D eigenvalue weighted by Gasteiger charge is 2.16. The zero-order valence-corrected chi connectivity index (χ0v) is 8.30. The van der Waals surface area contributed by atoms with Gasteiger partial charge in [-0.25, -0.2) is 9.98 Å². The number of amidine groups is 1. The van der Waals surface area contributed by atoms with Crippen LogP contribution in [0.5, 0.6) is 5.88 Å². The second kappa shape index (κ2) is 4.63. The molecule has 0 unspecified atom stereocenters. The van der Waals surface area contributed by atoms with E-state index in [1.165, 1.54) is 0 Å². The molecule has 5 heteroatoms. The topological polar surface area (TPSA) is 69.7 Å². The molecule has 80 valence electrons. The van der Waals surface area contributed by atoms with E-state index in [0.717, 1.165) is 6.42 Å². The Morgan fingerprint density at radius 2 is 2.47 bits per heavy atom. The van der Waals surface area contributed by atoms with Crippen LogP contribution in [-0.2, 0) is 4.74 Å². The molecule has 0 bridgehead atoms. The lowest BCUT2D eigenvalue weighted by molar-refractivity contribution is 0.258. The number of pyridine rings is 1. The van der Waals surface area contributed by atoms with Gasteiger partial charge >= 0.3 is 0 Å². The number of rotatable bonds is 4. The van der Waals surface area contributed by atoms with Gasteiger partial charge in [-0.15, -0.1) is 0 Å². The second-order valence-corrected chi connectivity index (χ2v) is 3.24. The average Bonchev–Trinajstić information content (AvgIpc) is 2.66. The van der Waals surface area contributed by atoms with Gasteiger partial charge in [0.2, 0.25) is 5.88 Å². The Labute approximate surface area is 87.9 Å². The van der Waals surface area contributed by atoms with Gasteiger partial charge in [0.05, 0.1) is 12.6 Å². The third-order valence-electron chi connectivity index (χ3n) is 2.07. The summed E-state index contributed by atoms with van der Waals surface area (Å²) in [5.41, 5.74) is 5.38. The third kappa shape index (κ3) is 2.83. The molecule has 5 nitrogen and oxygen atoms in total. The molecule has 1 atom stereocenters. The van der Waals surface area contributed by atoms with Crippen molar-refractivity contribution in [2.24, 2.45) is 10.7 Å². The van der Waals surface area contributed by atoms with Crippen molar-refractivity contribution in [1.82, 2.24) is 4.98 Å². The Bertz CT molecular complexity index is 340. The molecule has 2 rings (SSSR count). The van der Waals surface area contributed by atoms with Crippen LogP contribution in [0.15, 0.2) is 29.4 Å². The fraction of sp³-hybridized carbons (Fsp3) is 0.400. The molecule has 15 heavy (non-hydrogen) atoms. The molecule has 2 N–H and O–H groups in total. The highest BCUT2D eigenvalue weighted by atomic mass is 16.5. The molecule has 0 spiro atoms. The average molecular weight is 207 g/mol. The van der Waals surface area contributed by atoms with Crippen LogP contribution in [0.1, 0.15) is 6.42 Å². The van der Waals surface area contributed by atoms with Gasteiger partial charge in [0.1, 0.15) is 6.61 Å². The zero-order chi connectivity index (χ0) is 10.5. The smallest absolute Gasteiger partial charge is 0.282 e. The van der Waals surface area contributed by atoms with E-state index in [2.05, 4.69) is 9.98 Å². The van der Waals surface area contributed by atoms with Crippen LogP contribution >= 0.6 is 0 Å². The van der Waals surface area contributed by atoms with Gasteiger partial charge in [0, 0.05) is 18.7 Å². The molecule has 0 fully saturated rings. The Morgan fingerprint density at radius 3 is 3.13 bits per heavy atom. The number of aromatic nitrogens is 1. The molecule has 0 saturated heterocycles. The summed E-state index contributed by atoms with van der Waals surface area (Å²) >= 11 is 0. The van der Waals surface area contributed by atoms with E-state index < -0.39 is 0 Å². The molecule has 0 radical (unpaired) electrons. The molecule has 1 aromatic heterocycles. The van der Waals surface area contributed by atoms with Gasteiger partial charge in [0.15, 0.2) is 0 Å². The van der Waals surface area contributed by atoms with Crippen LogP contribution in [-0.4, -0.2) is 30.3 Å². The summed E-state index contributed by atoms with van der Waals surface area (Å²) in [5.74, 6) is 0.633. The highest BCUT2D eigenvalue weighted by molar-refractivity contribution is 5.72. The molecular weight excluding hydrogens is 194 g/mol. The maximum atomic E-state index is 5.43. The zero-order valence-electron chi connectivity index (χ0n) is 8.30. The number of ether oxygens (including phenoxy) is 2. The maximum absolute atomic E-state index is 5.43. The largest absolute Gasteiger partial charge is 0.478 e. The minimum absolute atomic E-state index is 0.119. The lowest BCUT2D eigenvalue weighted by Crippen LogP contribution is -2.12. The molecule has 0 saturated carbocycles. The van der Waals surface area contributed by atoms with Gasteiger partial charge in [0.25, 0.3) is 6.02 Å². The van der Waals surface area contributed by atoms with E-state index in [9.17, 15) is 0 Å².